The highest BCUT2D eigenvalue weighted by molar-refractivity contribution is 6.04. The Labute approximate surface area is 245 Å². The summed E-state index contributed by atoms with van der Waals surface area (Å²) in [5.74, 6) is -0.959. The second-order valence-corrected chi connectivity index (χ2v) is 12.8. The summed E-state index contributed by atoms with van der Waals surface area (Å²) in [7, 11) is 0. The lowest BCUT2D eigenvalue weighted by Crippen LogP contribution is -2.73. The highest BCUT2D eigenvalue weighted by Crippen LogP contribution is 2.38. The number of alkyl halides is 1. The summed E-state index contributed by atoms with van der Waals surface area (Å²) in [6.07, 6.45) is 12.7. The molecule has 10 nitrogen and oxygen atoms in total. The van der Waals surface area contributed by atoms with Crippen molar-refractivity contribution in [3.63, 3.8) is 0 Å². The van der Waals surface area contributed by atoms with E-state index >= 15 is 4.39 Å². The van der Waals surface area contributed by atoms with Crippen LogP contribution in [-0.4, -0.2) is 92.7 Å². The Morgan fingerprint density at radius 2 is 1.67 bits per heavy atom. The molecule has 1 saturated carbocycles. The minimum atomic E-state index is -1.20. The number of nitrogens with one attached hydrogen (secondary N) is 2. The molecule has 2 aromatic rings. The third kappa shape index (κ3) is 5.71. The minimum absolute atomic E-state index is 0.0259. The van der Waals surface area contributed by atoms with Gasteiger partial charge in [0.2, 0.25) is 5.91 Å². The average Bonchev–Trinajstić information content (AvgIpc) is 3.28. The fourth-order valence-electron chi connectivity index (χ4n) is 7.61. The van der Waals surface area contributed by atoms with Crippen LogP contribution in [0, 0.1) is 11.7 Å². The Balaban J connectivity index is 1.24. The van der Waals surface area contributed by atoms with E-state index in [-0.39, 0.29) is 28.9 Å². The second-order valence-electron chi connectivity index (χ2n) is 12.8. The van der Waals surface area contributed by atoms with Gasteiger partial charge in [-0.1, -0.05) is 44.9 Å². The molecule has 12 heteroatoms. The van der Waals surface area contributed by atoms with Gasteiger partial charge in [-0.2, -0.15) is 0 Å². The number of anilines is 1. The SMILES string of the molecule is Nc1nn2cc(F)cnc2c1C(=O)NC1CNC2(CCCCCCCCC2)C(F)C1N1CCC(C(=O)N2CCC2)CC1. The molecular weight excluding hydrogens is 542 g/mol. The Kier molecular flexibility index (Phi) is 8.63. The van der Waals surface area contributed by atoms with Gasteiger partial charge in [0.1, 0.15) is 11.7 Å². The Hall–Kier alpha value is -2.86. The number of fused-ring (bicyclic) bond motifs is 1. The molecule has 2 aromatic heterocycles. The lowest BCUT2D eigenvalue weighted by atomic mass is 9.73. The number of piperidine rings is 2. The fraction of sp³-hybridized carbons (Fsp3) is 0.733. The van der Waals surface area contributed by atoms with E-state index in [1.54, 1.807) is 0 Å². The van der Waals surface area contributed by atoms with Crippen LogP contribution in [-0.2, 0) is 4.79 Å². The molecule has 2 amide bonds. The first-order valence-electron chi connectivity index (χ1n) is 15.9. The van der Waals surface area contributed by atoms with Crippen LogP contribution in [0.2, 0.25) is 0 Å². The van der Waals surface area contributed by atoms with Crippen LogP contribution >= 0.6 is 0 Å². The van der Waals surface area contributed by atoms with Gasteiger partial charge in [0.15, 0.2) is 17.3 Å². The first-order valence-corrected chi connectivity index (χ1v) is 15.9. The maximum Gasteiger partial charge on any atom is 0.259 e. The van der Waals surface area contributed by atoms with Gasteiger partial charge in [-0.3, -0.25) is 14.5 Å². The van der Waals surface area contributed by atoms with Crippen molar-refractivity contribution in [2.45, 2.75) is 101 Å². The fourth-order valence-corrected chi connectivity index (χ4v) is 7.61. The zero-order chi connectivity index (χ0) is 29.3. The number of hydrogen-bond donors (Lipinski definition) is 3. The van der Waals surface area contributed by atoms with Gasteiger partial charge in [-0.15, -0.1) is 5.10 Å². The second kappa shape index (κ2) is 12.4. The van der Waals surface area contributed by atoms with Gasteiger partial charge in [0.05, 0.1) is 30.0 Å². The van der Waals surface area contributed by atoms with Crippen molar-refractivity contribution in [1.82, 2.24) is 35.0 Å². The number of rotatable bonds is 4. The molecule has 3 saturated heterocycles. The highest BCUT2D eigenvalue weighted by Gasteiger charge is 2.52. The molecule has 1 spiro atoms. The smallest absolute Gasteiger partial charge is 0.259 e. The molecule has 4 aliphatic rings. The van der Waals surface area contributed by atoms with E-state index in [1.807, 2.05) is 4.90 Å². The zero-order valence-corrected chi connectivity index (χ0v) is 24.4. The summed E-state index contributed by atoms with van der Waals surface area (Å²) in [4.78, 5) is 34.7. The number of carbonyl (C=O) groups excluding carboxylic acids is 2. The molecule has 3 unspecified atom stereocenters. The molecular formula is C30H44F2N8O2. The average molecular weight is 587 g/mol. The van der Waals surface area contributed by atoms with Gasteiger partial charge < -0.3 is 21.3 Å². The zero-order valence-electron chi connectivity index (χ0n) is 24.4. The van der Waals surface area contributed by atoms with Gasteiger partial charge in [-0.05, 0) is 45.2 Å². The Morgan fingerprint density at radius 3 is 2.31 bits per heavy atom. The number of halogens is 2. The van der Waals surface area contributed by atoms with Crippen LogP contribution in [0.5, 0.6) is 0 Å². The highest BCUT2D eigenvalue weighted by atomic mass is 19.1. The third-order valence-electron chi connectivity index (χ3n) is 10.1. The summed E-state index contributed by atoms with van der Waals surface area (Å²) in [6, 6.07) is -1.09. The Bertz CT molecular complexity index is 1270. The molecule has 230 valence electrons. The predicted molar refractivity (Wildman–Crippen MR) is 155 cm³/mol. The number of nitrogen functional groups attached to an aromatic ring is 1. The lowest BCUT2D eigenvalue weighted by Gasteiger charge is -2.53. The Morgan fingerprint density at radius 1 is 1.00 bits per heavy atom. The largest absolute Gasteiger partial charge is 0.381 e. The number of aromatic nitrogens is 3. The van der Waals surface area contributed by atoms with Crippen LogP contribution in [0.25, 0.3) is 5.65 Å². The van der Waals surface area contributed by atoms with Crippen LogP contribution in [0.4, 0.5) is 14.6 Å². The molecule has 1 aliphatic carbocycles. The van der Waals surface area contributed by atoms with E-state index in [1.165, 1.54) is 19.3 Å². The van der Waals surface area contributed by atoms with Gasteiger partial charge in [0, 0.05) is 25.6 Å². The predicted octanol–water partition coefficient (Wildman–Crippen LogP) is 3.07. The van der Waals surface area contributed by atoms with E-state index in [0.717, 1.165) is 74.9 Å². The normalized spacial score (nSPS) is 28.0. The van der Waals surface area contributed by atoms with E-state index in [0.29, 0.717) is 32.5 Å². The number of nitrogens with zero attached hydrogens (tertiary/aromatic N) is 5. The van der Waals surface area contributed by atoms with Gasteiger partial charge in [0.25, 0.3) is 5.91 Å². The van der Waals surface area contributed by atoms with Crippen molar-refractivity contribution in [2.75, 3.05) is 38.5 Å². The molecule has 3 aliphatic heterocycles. The maximum absolute atomic E-state index is 17.2. The molecule has 6 rings (SSSR count). The topological polar surface area (TPSA) is 121 Å². The molecule has 4 N–H and O–H groups in total. The lowest BCUT2D eigenvalue weighted by molar-refractivity contribution is -0.141. The van der Waals surface area contributed by atoms with Crippen LogP contribution in [0.3, 0.4) is 0 Å². The van der Waals surface area contributed by atoms with Gasteiger partial charge in [-0.25, -0.2) is 18.3 Å². The van der Waals surface area contributed by atoms with Crippen molar-refractivity contribution >= 4 is 23.3 Å². The number of hydrogen-bond acceptors (Lipinski definition) is 7. The van der Waals surface area contributed by atoms with E-state index in [9.17, 15) is 14.0 Å². The third-order valence-corrected chi connectivity index (χ3v) is 10.1. The van der Waals surface area contributed by atoms with Crippen LogP contribution in [0.15, 0.2) is 12.4 Å². The number of amides is 2. The standard InChI is InChI=1S/C30H44F2N8O2/c31-21-17-34-27-23(26(33)37-40(27)19-21)28(41)36-22-18-35-30(11-6-4-2-1-3-5-7-12-30)25(32)24(22)38-15-9-20(10-16-38)29(42)39-13-8-14-39/h17,19-20,22,24-25,35H,1-16,18H2,(H2,33,37)(H,36,41). The first kappa shape index (κ1) is 29.2. The van der Waals surface area contributed by atoms with E-state index in [4.69, 9.17) is 5.73 Å². The van der Waals surface area contributed by atoms with E-state index < -0.39 is 35.5 Å². The van der Waals surface area contributed by atoms with Gasteiger partial charge >= 0.3 is 0 Å². The van der Waals surface area contributed by atoms with Crippen molar-refractivity contribution in [2.24, 2.45) is 5.92 Å². The van der Waals surface area contributed by atoms with Crippen molar-refractivity contribution < 1.29 is 18.4 Å². The number of carbonyl (C=O) groups is 2. The number of nitrogens with two attached hydrogens (primary N) is 1. The summed E-state index contributed by atoms with van der Waals surface area (Å²) in [5, 5.41) is 10.7. The molecule has 4 fully saturated rings. The minimum Gasteiger partial charge on any atom is -0.381 e. The monoisotopic (exact) mass is 586 g/mol. The summed E-state index contributed by atoms with van der Waals surface area (Å²) in [6.45, 7) is 3.31. The molecule has 0 bridgehead atoms. The summed E-state index contributed by atoms with van der Waals surface area (Å²) in [5.41, 5.74) is 5.64. The molecule has 5 heterocycles. The maximum atomic E-state index is 17.2. The summed E-state index contributed by atoms with van der Waals surface area (Å²) < 4.78 is 32.0. The van der Waals surface area contributed by atoms with Crippen LogP contribution < -0.4 is 16.4 Å². The van der Waals surface area contributed by atoms with E-state index in [2.05, 4.69) is 25.6 Å². The van der Waals surface area contributed by atoms with Crippen molar-refractivity contribution in [3.8, 4) is 0 Å². The number of likely N-dealkylation sites (tertiary alicyclic amines) is 2. The van der Waals surface area contributed by atoms with Crippen LogP contribution in [0.1, 0.15) is 87.4 Å². The molecule has 3 atom stereocenters. The molecule has 0 aromatic carbocycles. The van der Waals surface area contributed by atoms with Crippen molar-refractivity contribution in [3.05, 3.63) is 23.8 Å². The van der Waals surface area contributed by atoms with Crippen molar-refractivity contribution in [1.29, 1.82) is 0 Å². The molecule has 42 heavy (non-hydrogen) atoms. The summed E-state index contributed by atoms with van der Waals surface area (Å²) >= 11 is 0. The molecule has 0 radical (unpaired) electrons. The quantitative estimate of drug-likeness (QED) is 0.504. The first-order chi connectivity index (χ1) is 20.4.